The van der Waals surface area contributed by atoms with E-state index in [0.717, 1.165) is 23.1 Å². The molecule has 9 nitrogen and oxygen atoms in total. The number of anilines is 3. The maximum Gasteiger partial charge on any atom is 0.264 e. The van der Waals surface area contributed by atoms with Gasteiger partial charge in [-0.15, -0.1) is 0 Å². The summed E-state index contributed by atoms with van der Waals surface area (Å²) >= 11 is 0. The molecule has 5 atom stereocenters. The third-order valence-corrected chi connectivity index (χ3v) is 13.6. The number of fused-ring (bicyclic) bond motifs is 3. The first-order valence-corrected chi connectivity index (χ1v) is 20.7. The monoisotopic (exact) mass is 721 g/mol. The predicted octanol–water partition coefficient (Wildman–Crippen LogP) is 6.65. The highest BCUT2D eigenvalue weighted by atomic mass is 28.4. The van der Waals surface area contributed by atoms with Crippen LogP contribution in [-0.2, 0) is 44.2 Å². The Kier molecular flexibility index (Phi) is 9.53. The summed E-state index contributed by atoms with van der Waals surface area (Å²) in [6.45, 7) is 5.40. The van der Waals surface area contributed by atoms with Gasteiger partial charge in [-0.25, -0.2) is 0 Å². The highest BCUT2D eigenvalue weighted by molar-refractivity contribution is 6.72. The van der Waals surface area contributed by atoms with Gasteiger partial charge in [-0.2, -0.15) is 0 Å². The van der Waals surface area contributed by atoms with E-state index in [9.17, 15) is 19.5 Å². The van der Waals surface area contributed by atoms with Gasteiger partial charge in [-0.1, -0.05) is 61.5 Å². The number of methoxy groups -OCH3 is 1. The molecular formula is C41H44FN3O6Si. The summed E-state index contributed by atoms with van der Waals surface area (Å²) in [5, 5.41) is 10.3. The zero-order valence-electron chi connectivity index (χ0n) is 29.9. The number of ether oxygens (including phenoxy) is 2. The largest absolute Gasteiger partial charge is 0.497 e. The van der Waals surface area contributed by atoms with Gasteiger partial charge in [0.05, 0.1) is 44.5 Å². The van der Waals surface area contributed by atoms with Crippen molar-refractivity contribution in [3.05, 3.63) is 119 Å². The standard InChI is InChI=1S/C41H44FN3O6Si/c1-27-39(52(3,4)42)37(22-38(48)43-24-30-13-9-8-12-29(30)20-33(43)25-46)51-41(27)35-21-34(50-2)17-18-36(35)44(40(41)49)23-28-11-10-16-32(19-28)45(26-47)31-14-6-5-7-15-31/h5-19,21,26-27,33,37,39,46H,20,22-25H2,1-4H3/t27-,33-,37+,39-,41+/m0/s1. The summed E-state index contributed by atoms with van der Waals surface area (Å²) in [4.78, 5) is 46.2. The first kappa shape index (κ1) is 35.6. The van der Waals surface area contributed by atoms with Crippen molar-refractivity contribution in [3.63, 3.8) is 0 Å². The molecule has 1 spiro atoms. The number of amides is 3. The smallest absolute Gasteiger partial charge is 0.264 e. The molecule has 0 bridgehead atoms. The normalized spacial score (nSPS) is 23.8. The van der Waals surface area contributed by atoms with Crippen LogP contribution < -0.4 is 14.5 Å². The number of rotatable bonds is 10. The molecule has 52 heavy (non-hydrogen) atoms. The van der Waals surface area contributed by atoms with E-state index in [-0.39, 0.29) is 31.4 Å². The average molecular weight is 722 g/mol. The van der Waals surface area contributed by atoms with Crippen molar-refractivity contribution in [3.8, 4) is 5.75 Å². The summed E-state index contributed by atoms with van der Waals surface area (Å²) in [6.07, 6.45) is 0.291. The molecule has 1 N–H and O–H groups in total. The SMILES string of the molecule is COc1ccc2c(c1)[C@@]1(O[C@H](CC(=O)N3Cc4ccccc4C[C@H]3CO)[C@@H]([Si](C)(C)F)[C@@H]1C)C(=O)N2Cc1cccc(N(C=O)c2ccccc2)c1. The Hall–Kier alpha value is -4.84. The van der Waals surface area contributed by atoms with Gasteiger partial charge < -0.3 is 28.5 Å². The lowest BCUT2D eigenvalue weighted by molar-refractivity contribution is -0.151. The number of nitrogens with zero attached hydrogens (tertiary/aromatic N) is 3. The van der Waals surface area contributed by atoms with Crippen molar-refractivity contribution in [2.24, 2.45) is 5.92 Å². The molecule has 3 heterocycles. The van der Waals surface area contributed by atoms with Gasteiger partial charge in [0.15, 0.2) is 5.60 Å². The third-order valence-electron chi connectivity index (χ3n) is 11.1. The van der Waals surface area contributed by atoms with E-state index in [2.05, 4.69) is 0 Å². The zero-order chi connectivity index (χ0) is 36.8. The van der Waals surface area contributed by atoms with Crippen LogP contribution in [0.4, 0.5) is 21.2 Å². The van der Waals surface area contributed by atoms with Gasteiger partial charge in [-0.05, 0) is 78.7 Å². The van der Waals surface area contributed by atoms with E-state index in [4.69, 9.17) is 9.47 Å². The minimum absolute atomic E-state index is 0.120. The molecule has 3 aliphatic heterocycles. The molecule has 4 aromatic carbocycles. The molecule has 0 saturated carbocycles. The van der Waals surface area contributed by atoms with Crippen molar-refractivity contribution in [2.75, 3.05) is 23.5 Å². The van der Waals surface area contributed by atoms with Crippen LogP contribution >= 0.6 is 0 Å². The molecule has 1 saturated heterocycles. The number of carbonyl (C=O) groups excluding carboxylic acids is 3. The molecule has 270 valence electrons. The van der Waals surface area contributed by atoms with Crippen LogP contribution in [0.3, 0.4) is 0 Å². The Bertz CT molecular complexity index is 1990. The van der Waals surface area contributed by atoms with Gasteiger partial charge in [0.25, 0.3) is 5.91 Å². The number of carbonyl (C=O) groups is 3. The molecule has 0 aromatic heterocycles. The summed E-state index contributed by atoms with van der Waals surface area (Å²) in [6, 6.07) is 29.6. The van der Waals surface area contributed by atoms with Gasteiger partial charge >= 0.3 is 0 Å². The van der Waals surface area contributed by atoms with Crippen molar-refractivity contribution >= 4 is 43.7 Å². The van der Waals surface area contributed by atoms with Gasteiger partial charge in [0.2, 0.25) is 20.7 Å². The second-order valence-electron chi connectivity index (χ2n) is 14.6. The highest BCUT2D eigenvalue weighted by Crippen LogP contribution is 2.61. The van der Waals surface area contributed by atoms with E-state index >= 15 is 4.11 Å². The molecule has 11 heteroatoms. The third kappa shape index (κ3) is 6.10. The van der Waals surface area contributed by atoms with Crippen molar-refractivity contribution < 1.29 is 33.1 Å². The average Bonchev–Trinajstić information content (AvgIpc) is 3.57. The molecule has 7 rings (SSSR count). The summed E-state index contributed by atoms with van der Waals surface area (Å²) in [7, 11) is -2.00. The molecule has 0 aliphatic carbocycles. The lowest BCUT2D eigenvalue weighted by atomic mass is 9.82. The number of halogens is 1. The lowest BCUT2D eigenvalue weighted by Crippen LogP contribution is -2.48. The fourth-order valence-corrected chi connectivity index (χ4v) is 11.2. The van der Waals surface area contributed by atoms with Crippen LogP contribution in [0.15, 0.2) is 97.1 Å². The molecule has 3 amide bonds. The topological polar surface area (TPSA) is 99.6 Å². The number of benzene rings is 4. The first-order chi connectivity index (χ1) is 25.0. The number of hydrogen-bond donors (Lipinski definition) is 1. The Labute approximate surface area is 304 Å². The molecule has 1 fully saturated rings. The van der Waals surface area contributed by atoms with Crippen LogP contribution in [0.2, 0.25) is 18.6 Å². The summed E-state index contributed by atoms with van der Waals surface area (Å²) in [5.74, 6) is -0.650. The Morgan fingerprint density at radius 2 is 1.73 bits per heavy atom. The van der Waals surface area contributed by atoms with Crippen LogP contribution in [0.5, 0.6) is 5.75 Å². The van der Waals surface area contributed by atoms with Gasteiger partial charge in [-0.3, -0.25) is 19.3 Å². The maximum atomic E-state index is 16.6. The Morgan fingerprint density at radius 1 is 1.02 bits per heavy atom. The van der Waals surface area contributed by atoms with E-state index in [1.165, 1.54) is 0 Å². The predicted molar refractivity (Wildman–Crippen MR) is 200 cm³/mol. The minimum atomic E-state index is -3.55. The summed E-state index contributed by atoms with van der Waals surface area (Å²) < 4.78 is 29.1. The van der Waals surface area contributed by atoms with E-state index < -0.39 is 37.6 Å². The van der Waals surface area contributed by atoms with Crippen LogP contribution in [-0.4, -0.2) is 62.5 Å². The van der Waals surface area contributed by atoms with Gasteiger partial charge in [0, 0.05) is 34.9 Å². The number of hydrogen-bond acceptors (Lipinski definition) is 6. The van der Waals surface area contributed by atoms with E-state index in [1.54, 1.807) is 47.0 Å². The fraction of sp³-hybridized carbons (Fsp3) is 0.341. The molecule has 0 unspecified atom stereocenters. The fourth-order valence-electron chi connectivity index (χ4n) is 8.69. The molecule has 3 aliphatic rings. The van der Waals surface area contributed by atoms with Crippen molar-refractivity contribution in [2.45, 2.75) is 69.2 Å². The van der Waals surface area contributed by atoms with Crippen LogP contribution in [0, 0.1) is 5.92 Å². The number of para-hydroxylation sites is 1. The van der Waals surface area contributed by atoms with Crippen molar-refractivity contribution in [1.29, 1.82) is 0 Å². The molecular weight excluding hydrogens is 678 g/mol. The van der Waals surface area contributed by atoms with E-state index in [1.807, 2.05) is 91.9 Å². The molecule has 0 radical (unpaired) electrons. The lowest BCUT2D eigenvalue weighted by Gasteiger charge is -2.37. The van der Waals surface area contributed by atoms with Gasteiger partial charge in [0.1, 0.15) is 5.75 Å². The van der Waals surface area contributed by atoms with Crippen LogP contribution in [0.25, 0.3) is 0 Å². The van der Waals surface area contributed by atoms with E-state index in [0.29, 0.717) is 41.3 Å². The Balaban J connectivity index is 1.23. The zero-order valence-corrected chi connectivity index (χ0v) is 30.9. The number of aliphatic hydroxyl groups is 1. The van der Waals surface area contributed by atoms with Crippen LogP contribution in [0.1, 0.15) is 35.6 Å². The maximum absolute atomic E-state index is 16.6. The first-order valence-electron chi connectivity index (χ1n) is 17.7. The highest BCUT2D eigenvalue weighted by Gasteiger charge is 2.67. The quantitative estimate of drug-likeness (QED) is 0.112. The summed E-state index contributed by atoms with van der Waals surface area (Å²) in [5.41, 5.74) is 3.20. The molecule has 4 aromatic rings. The number of aliphatic hydroxyl groups excluding tert-OH is 1. The second kappa shape index (κ2) is 13.9. The Morgan fingerprint density at radius 3 is 2.42 bits per heavy atom. The van der Waals surface area contributed by atoms with Crippen molar-refractivity contribution in [1.82, 2.24) is 4.90 Å². The minimum Gasteiger partial charge on any atom is -0.497 e. The second-order valence-corrected chi connectivity index (χ2v) is 18.4.